The van der Waals surface area contributed by atoms with Crippen LogP contribution in [-0.4, -0.2) is 64.3 Å². The van der Waals surface area contributed by atoms with Crippen LogP contribution in [0.4, 0.5) is 4.79 Å². The molecule has 2 aliphatic heterocycles. The molecule has 0 aromatic carbocycles. The first-order valence-electron chi connectivity index (χ1n) is 9.67. The van der Waals surface area contributed by atoms with Gasteiger partial charge in [0.15, 0.2) is 0 Å². The van der Waals surface area contributed by atoms with E-state index in [1.54, 1.807) is 4.90 Å². The van der Waals surface area contributed by atoms with Crippen LogP contribution >= 0.6 is 0 Å². The highest BCUT2D eigenvalue weighted by Crippen LogP contribution is 2.37. The number of amides is 2. The van der Waals surface area contributed by atoms with Crippen LogP contribution in [0.25, 0.3) is 0 Å². The summed E-state index contributed by atoms with van der Waals surface area (Å²) in [4.78, 5) is 28.7. The zero-order valence-electron chi connectivity index (χ0n) is 15.8. The fourth-order valence-corrected chi connectivity index (χ4v) is 4.43. The van der Waals surface area contributed by atoms with Gasteiger partial charge < -0.3 is 19.6 Å². The third-order valence-electron chi connectivity index (χ3n) is 5.94. The van der Waals surface area contributed by atoms with Gasteiger partial charge in [-0.05, 0) is 46.5 Å². The Morgan fingerprint density at radius 2 is 1.60 bits per heavy atom. The molecule has 1 saturated carbocycles. The zero-order valence-corrected chi connectivity index (χ0v) is 15.8. The third kappa shape index (κ3) is 4.10. The highest BCUT2D eigenvalue weighted by molar-refractivity contribution is 5.79. The average molecular weight is 352 g/mol. The fraction of sp³-hybridized carbons (Fsp3) is 0.895. The van der Waals surface area contributed by atoms with Crippen LogP contribution in [-0.2, 0) is 9.53 Å². The molecule has 0 radical (unpaired) electrons. The van der Waals surface area contributed by atoms with Gasteiger partial charge in [0.05, 0.1) is 5.60 Å². The number of nitrogens with zero attached hydrogens (tertiary/aromatic N) is 2. The van der Waals surface area contributed by atoms with E-state index in [2.05, 4.69) is 0 Å². The maximum atomic E-state index is 12.7. The first-order valence-corrected chi connectivity index (χ1v) is 9.67. The van der Waals surface area contributed by atoms with Gasteiger partial charge in [-0.15, -0.1) is 0 Å². The van der Waals surface area contributed by atoms with Crippen molar-refractivity contribution < 1.29 is 19.4 Å². The molecule has 6 heteroatoms. The van der Waals surface area contributed by atoms with Gasteiger partial charge in [-0.25, -0.2) is 4.79 Å². The number of fused-ring (bicyclic) bond motifs is 1. The lowest BCUT2D eigenvalue weighted by Crippen LogP contribution is -2.62. The van der Waals surface area contributed by atoms with Crippen molar-refractivity contribution in [3.05, 3.63) is 0 Å². The summed E-state index contributed by atoms with van der Waals surface area (Å²) in [6.45, 7) is 7.72. The quantitative estimate of drug-likeness (QED) is 0.787. The molecule has 2 atom stereocenters. The lowest BCUT2D eigenvalue weighted by molar-refractivity contribution is -0.149. The van der Waals surface area contributed by atoms with E-state index in [4.69, 9.17) is 4.74 Å². The number of carbonyl (C=O) groups excluding carboxylic acids is 2. The Bertz CT molecular complexity index is 524. The maximum Gasteiger partial charge on any atom is 0.410 e. The van der Waals surface area contributed by atoms with Crippen LogP contribution in [0.2, 0.25) is 0 Å². The molecule has 1 aliphatic carbocycles. The molecule has 142 valence electrons. The molecule has 0 aromatic rings. The Balaban J connectivity index is 1.63. The second-order valence-electron chi connectivity index (χ2n) is 8.99. The summed E-state index contributed by atoms with van der Waals surface area (Å²) < 4.78 is 5.47. The molecular weight excluding hydrogens is 320 g/mol. The molecule has 3 aliphatic rings. The Hall–Kier alpha value is -1.30. The van der Waals surface area contributed by atoms with Crippen molar-refractivity contribution in [3.8, 4) is 0 Å². The molecular formula is C19H32N2O4. The molecule has 25 heavy (non-hydrogen) atoms. The summed E-state index contributed by atoms with van der Waals surface area (Å²) in [5.74, 6) is 0.318. The summed E-state index contributed by atoms with van der Waals surface area (Å²) in [5, 5.41) is 11.0. The van der Waals surface area contributed by atoms with Gasteiger partial charge in [-0.1, -0.05) is 12.8 Å². The Labute approximate surface area is 150 Å². The lowest BCUT2D eigenvalue weighted by Gasteiger charge is -2.50. The normalized spacial score (nSPS) is 31.0. The van der Waals surface area contributed by atoms with Crippen LogP contribution < -0.4 is 0 Å². The molecule has 0 aromatic heterocycles. The van der Waals surface area contributed by atoms with Crippen molar-refractivity contribution in [2.45, 2.75) is 70.5 Å². The van der Waals surface area contributed by atoms with Crippen LogP contribution in [0.3, 0.4) is 0 Å². The van der Waals surface area contributed by atoms with E-state index in [1.807, 2.05) is 25.7 Å². The van der Waals surface area contributed by atoms with Gasteiger partial charge in [0.25, 0.3) is 0 Å². The molecule has 0 spiro atoms. The lowest BCUT2D eigenvalue weighted by atomic mass is 9.75. The minimum Gasteiger partial charge on any atom is -0.444 e. The number of likely N-dealkylation sites (tertiary alicyclic amines) is 2. The highest BCUT2D eigenvalue weighted by Gasteiger charge is 2.47. The number of hydrogen-bond acceptors (Lipinski definition) is 4. The summed E-state index contributed by atoms with van der Waals surface area (Å²) in [6, 6.07) is 0. The standard InChI is InChI=1S/C19H32N2O4/c1-18(2,3)25-17(23)21-11-9-19(24)8-10-20(12-15(19)13-21)16(22)14-6-4-5-7-14/h14-15,24H,4-13H2,1-3H3. The number of ether oxygens (including phenoxy) is 1. The zero-order chi connectivity index (χ0) is 18.2. The predicted octanol–water partition coefficient (Wildman–Crippen LogP) is 2.40. The van der Waals surface area contributed by atoms with Gasteiger partial charge in [0.2, 0.25) is 5.91 Å². The van der Waals surface area contributed by atoms with Gasteiger partial charge in [0, 0.05) is 38.0 Å². The SMILES string of the molecule is CC(C)(C)OC(=O)N1CCC2(O)CCN(C(=O)C3CCCC3)CC2C1. The Kier molecular flexibility index (Phi) is 5.02. The minimum atomic E-state index is -0.759. The minimum absolute atomic E-state index is 0.0899. The van der Waals surface area contributed by atoms with Crippen molar-refractivity contribution in [2.75, 3.05) is 26.2 Å². The van der Waals surface area contributed by atoms with Crippen LogP contribution in [0.15, 0.2) is 0 Å². The highest BCUT2D eigenvalue weighted by atomic mass is 16.6. The van der Waals surface area contributed by atoms with Crippen molar-refractivity contribution >= 4 is 12.0 Å². The van der Waals surface area contributed by atoms with E-state index in [0.717, 1.165) is 25.7 Å². The summed E-state index contributed by atoms with van der Waals surface area (Å²) in [6.07, 6.45) is 5.12. The van der Waals surface area contributed by atoms with E-state index in [9.17, 15) is 14.7 Å². The number of piperidine rings is 2. The fourth-order valence-electron chi connectivity index (χ4n) is 4.43. The van der Waals surface area contributed by atoms with Crippen LogP contribution in [0, 0.1) is 11.8 Å². The molecule has 2 heterocycles. The smallest absolute Gasteiger partial charge is 0.410 e. The first-order chi connectivity index (χ1) is 11.7. The van der Waals surface area contributed by atoms with E-state index in [-0.39, 0.29) is 23.8 Å². The summed E-state index contributed by atoms with van der Waals surface area (Å²) in [7, 11) is 0. The van der Waals surface area contributed by atoms with E-state index >= 15 is 0 Å². The van der Waals surface area contributed by atoms with Crippen molar-refractivity contribution in [1.82, 2.24) is 9.80 Å². The molecule has 6 nitrogen and oxygen atoms in total. The number of hydrogen-bond donors (Lipinski definition) is 1. The van der Waals surface area contributed by atoms with Crippen molar-refractivity contribution in [3.63, 3.8) is 0 Å². The predicted molar refractivity (Wildman–Crippen MR) is 94.0 cm³/mol. The molecule has 2 amide bonds. The monoisotopic (exact) mass is 352 g/mol. The average Bonchev–Trinajstić information content (AvgIpc) is 3.05. The molecule has 0 bridgehead atoms. The topological polar surface area (TPSA) is 70.1 Å². The van der Waals surface area contributed by atoms with Crippen LogP contribution in [0.5, 0.6) is 0 Å². The Morgan fingerprint density at radius 3 is 2.20 bits per heavy atom. The van der Waals surface area contributed by atoms with E-state index in [0.29, 0.717) is 39.0 Å². The first kappa shape index (κ1) is 18.5. The molecule has 2 unspecified atom stereocenters. The van der Waals surface area contributed by atoms with Crippen molar-refractivity contribution in [1.29, 1.82) is 0 Å². The second kappa shape index (κ2) is 6.78. The largest absolute Gasteiger partial charge is 0.444 e. The van der Waals surface area contributed by atoms with Gasteiger partial charge in [-0.2, -0.15) is 0 Å². The third-order valence-corrected chi connectivity index (χ3v) is 5.94. The van der Waals surface area contributed by atoms with E-state index in [1.165, 1.54) is 0 Å². The number of rotatable bonds is 1. The number of aliphatic hydroxyl groups is 1. The Morgan fingerprint density at radius 1 is 1.04 bits per heavy atom. The van der Waals surface area contributed by atoms with Gasteiger partial charge >= 0.3 is 6.09 Å². The van der Waals surface area contributed by atoms with Crippen LogP contribution in [0.1, 0.15) is 59.3 Å². The molecule has 1 N–H and O–H groups in total. The van der Waals surface area contributed by atoms with Crippen molar-refractivity contribution in [2.24, 2.45) is 11.8 Å². The maximum absolute atomic E-state index is 12.7. The van der Waals surface area contributed by atoms with Gasteiger partial charge in [0.1, 0.15) is 5.60 Å². The molecule has 3 rings (SSSR count). The van der Waals surface area contributed by atoms with Gasteiger partial charge in [-0.3, -0.25) is 4.79 Å². The van der Waals surface area contributed by atoms with E-state index < -0.39 is 11.2 Å². The summed E-state index contributed by atoms with van der Waals surface area (Å²) >= 11 is 0. The second-order valence-corrected chi connectivity index (χ2v) is 8.99. The molecule has 3 fully saturated rings. The molecule has 2 saturated heterocycles. The summed E-state index contributed by atoms with van der Waals surface area (Å²) in [5.41, 5.74) is -1.28. The number of carbonyl (C=O) groups is 2.